The Kier molecular flexibility index (Phi) is 3.16. The first-order valence-electron chi connectivity index (χ1n) is 3.94. The lowest BCUT2D eigenvalue weighted by atomic mass is 9.90. The summed E-state index contributed by atoms with van der Waals surface area (Å²) in [6, 6.07) is 0. The van der Waals surface area contributed by atoms with E-state index >= 15 is 0 Å². The third-order valence-corrected chi connectivity index (χ3v) is 2.39. The predicted octanol–water partition coefficient (Wildman–Crippen LogP) is 1.67. The van der Waals surface area contributed by atoms with Gasteiger partial charge in [-0.1, -0.05) is 0 Å². The normalized spacial score (nSPS) is 21.8. The molecule has 0 aromatic heterocycles. The topological polar surface area (TPSA) is 18.5 Å². The lowest BCUT2D eigenvalue weighted by Gasteiger charge is -2.39. The molecule has 0 aromatic rings. The maximum absolute atomic E-state index is 5.78. The molecule has 0 saturated carbocycles. The molecule has 3 heteroatoms. The van der Waals surface area contributed by atoms with Gasteiger partial charge in [0, 0.05) is 5.88 Å². The van der Waals surface area contributed by atoms with Crippen LogP contribution in [-0.4, -0.2) is 31.8 Å². The zero-order chi connectivity index (χ0) is 8.32. The SMILES string of the molecule is CC(C)OCC1(CCl)COC1. The molecule has 0 spiro atoms. The monoisotopic (exact) mass is 178 g/mol. The van der Waals surface area contributed by atoms with Crippen LogP contribution >= 0.6 is 11.6 Å². The molecule has 2 nitrogen and oxygen atoms in total. The fourth-order valence-corrected chi connectivity index (χ4v) is 1.16. The van der Waals surface area contributed by atoms with E-state index in [9.17, 15) is 0 Å². The van der Waals surface area contributed by atoms with Gasteiger partial charge in [0.05, 0.1) is 31.3 Å². The fourth-order valence-electron chi connectivity index (χ4n) is 0.933. The largest absolute Gasteiger partial charge is 0.380 e. The zero-order valence-corrected chi connectivity index (χ0v) is 7.86. The van der Waals surface area contributed by atoms with Gasteiger partial charge in [-0.25, -0.2) is 0 Å². The van der Waals surface area contributed by atoms with Crippen LogP contribution < -0.4 is 0 Å². The molecule has 0 atom stereocenters. The van der Waals surface area contributed by atoms with Gasteiger partial charge in [0.25, 0.3) is 0 Å². The summed E-state index contributed by atoms with van der Waals surface area (Å²) in [5.74, 6) is 0.639. The molecule has 1 fully saturated rings. The number of alkyl halides is 1. The Morgan fingerprint density at radius 3 is 2.45 bits per heavy atom. The van der Waals surface area contributed by atoms with Gasteiger partial charge in [-0.2, -0.15) is 0 Å². The summed E-state index contributed by atoms with van der Waals surface area (Å²) in [5, 5.41) is 0. The molecule has 1 rings (SSSR count). The molecule has 11 heavy (non-hydrogen) atoms. The molecule has 1 heterocycles. The van der Waals surface area contributed by atoms with Crippen molar-refractivity contribution in [2.75, 3.05) is 25.7 Å². The summed E-state index contributed by atoms with van der Waals surface area (Å²) in [7, 11) is 0. The van der Waals surface area contributed by atoms with E-state index in [2.05, 4.69) is 0 Å². The van der Waals surface area contributed by atoms with Crippen molar-refractivity contribution < 1.29 is 9.47 Å². The number of ether oxygens (including phenoxy) is 2. The summed E-state index contributed by atoms with van der Waals surface area (Å²) in [6.45, 7) is 6.30. The van der Waals surface area contributed by atoms with E-state index in [1.807, 2.05) is 13.8 Å². The molecular formula is C8H15ClO2. The van der Waals surface area contributed by atoms with Crippen LogP contribution in [0.4, 0.5) is 0 Å². The van der Waals surface area contributed by atoms with E-state index in [1.54, 1.807) is 0 Å². The van der Waals surface area contributed by atoms with Gasteiger partial charge in [-0.15, -0.1) is 11.6 Å². The van der Waals surface area contributed by atoms with Gasteiger partial charge in [-0.05, 0) is 13.8 Å². The van der Waals surface area contributed by atoms with Crippen molar-refractivity contribution in [2.24, 2.45) is 5.41 Å². The summed E-state index contributed by atoms with van der Waals surface area (Å²) in [5.41, 5.74) is 0.117. The van der Waals surface area contributed by atoms with Crippen LogP contribution in [0.25, 0.3) is 0 Å². The van der Waals surface area contributed by atoms with Crippen molar-refractivity contribution in [3.63, 3.8) is 0 Å². The van der Waals surface area contributed by atoms with Crippen molar-refractivity contribution in [3.8, 4) is 0 Å². The lowest BCUT2D eigenvalue weighted by Crippen LogP contribution is -2.48. The molecule has 0 amide bonds. The fraction of sp³-hybridized carbons (Fsp3) is 1.00. The molecule has 0 unspecified atom stereocenters. The molecule has 0 N–H and O–H groups in total. The first-order chi connectivity index (χ1) is 5.18. The molecule has 1 aliphatic heterocycles. The summed E-state index contributed by atoms with van der Waals surface area (Å²) < 4.78 is 10.6. The standard InChI is InChI=1S/C8H15ClO2/c1-7(2)11-6-8(3-9)4-10-5-8/h7H,3-6H2,1-2H3. The Hall–Kier alpha value is 0.210. The Labute approximate surface area is 72.8 Å². The van der Waals surface area contributed by atoms with Crippen LogP contribution in [-0.2, 0) is 9.47 Å². The highest BCUT2D eigenvalue weighted by atomic mass is 35.5. The third kappa shape index (κ3) is 2.32. The Balaban J connectivity index is 2.22. The quantitative estimate of drug-likeness (QED) is 0.610. The van der Waals surface area contributed by atoms with Crippen molar-refractivity contribution in [1.29, 1.82) is 0 Å². The lowest BCUT2D eigenvalue weighted by molar-refractivity contribution is -0.143. The van der Waals surface area contributed by atoms with Crippen molar-refractivity contribution in [2.45, 2.75) is 20.0 Å². The Bertz CT molecular complexity index is 116. The highest BCUT2D eigenvalue weighted by molar-refractivity contribution is 6.18. The first-order valence-corrected chi connectivity index (χ1v) is 4.47. The molecule has 1 saturated heterocycles. The van der Waals surface area contributed by atoms with Crippen LogP contribution in [0, 0.1) is 5.41 Å². The molecule has 0 bridgehead atoms. The van der Waals surface area contributed by atoms with Crippen molar-refractivity contribution in [1.82, 2.24) is 0 Å². The maximum Gasteiger partial charge on any atom is 0.0581 e. The van der Waals surface area contributed by atoms with E-state index in [4.69, 9.17) is 21.1 Å². The average Bonchev–Trinajstić information content (AvgIpc) is 1.86. The highest BCUT2D eigenvalue weighted by Crippen LogP contribution is 2.29. The van der Waals surface area contributed by atoms with E-state index in [-0.39, 0.29) is 11.5 Å². The smallest absolute Gasteiger partial charge is 0.0581 e. The molecular weight excluding hydrogens is 164 g/mol. The van der Waals surface area contributed by atoms with Gasteiger partial charge < -0.3 is 9.47 Å². The second kappa shape index (κ2) is 3.74. The Morgan fingerprint density at radius 1 is 1.55 bits per heavy atom. The molecule has 0 aliphatic carbocycles. The van der Waals surface area contributed by atoms with Gasteiger partial charge in [0.2, 0.25) is 0 Å². The molecule has 66 valence electrons. The third-order valence-electron chi connectivity index (χ3n) is 1.82. The Morgan fingerprint density at radius 2 is 2.18 bits per heavy atom. The van der Waals surface area contributed by atoms with Crippen molar-refractivity contribution in [3.05, 3.63) is 0 Å². The van der Waals surface area contributed by atoms with Crippen molar-refractivity contribution >= 4 is 11.6 Å². The van der Waals surface area contributed by atoms with Gasteiger partial charge >= 0.3 is 0 Å². The molecule has 1 aliphatic rings. The van der Waals surface area contributed by atoms with Gasteiger partial charge in [0.1, 0.15) is 0 Å². The van der Waals surface area contributed by atoms with E-state index in [1.165, 1.54) is 0 Å². The number of hydrogen-bond donors (Lipinski definition) is 0. The van der Waals surface area contributed by atoms with Crippen LogP contribution in [0.5, 0.6) is 0 Å². The maximum atomic E-state index is 5.78. The average molecular weight is 179 g/mol. The first kappa shape index (κ1) is 9.30. The molecule has 0 radical (unpaired) electrons. The van der Waals surface area contributed by atoms with Crippen LogP contribution in [0.3, 0.4) is 0 Å². The second-order valence-electron chi connectivity index (χ2n) is 3.49. The summed E-state index contributed by atoms with van der Waals surface area (Å²) in [4.78, 5) is 0. The number of hydrogen-bond acceptors (Lipinski definition) is 2. The van der Waals surface area contributed by atoms with Gasteiger partial charge in [0.15, 0.2) is 0 Å². The zero-order valence-electron chi connectivity index (χ0n) is 7.10. The summed E-state index contributed by atoms with van der Waals surface area (Å²) in [6.07, 6.45) is 0.288. The highest BCUT2D eigenvalue weighted by Gasteiger charge is 2.38. The van der Waals surface area contributed by atoms with Crippen LogP contribution in [0.15, 0.2) is 0 Å². The predicted molar refractivity (Wildman–Crippen MR) is 45.1 cm³/mol. The second-order valence-corrected chi connectivity index (χ2v) is 3.75. The number of halogens is 1. The van der Waals surface area contributed by atoms with Gasteiger partial charge in [-0.3, -0.25) is 0 Å². The van der Waals surface area contributed by atoms with E-state index in [0.29, 0.717) is 5.88 Å². The van der Waals surface area contributed by atoms with Crippen LogP contribution in [0.1, 0.15) is 13.8 Å². The summed E-state index contributed by atoms with van der Waals surface area (Å²) >= 11 is 5.78. The minimum absolute atomic E-state index is 0.117. The molecule has 0 aromatic carbocycles. The minimum atomic E-state index is 0.117. The van der Waals surface area contributed by atoms with E-state index in [0.717, 1.165) is 19.8 Å². The van der Waals surface area contributed by atoms with E-state index < -0.39 is 0 Å². The minimum Gasteiger partial charge on any atom is -0.380 e. The van der Waals surface area contributed by atoms with Crippen LogP contribution in [0.2, 0.25) is 0 Å². The number of rotatable bonds is 4.